The number of aromatic nitrogens is 2. The van der Waals surface area contributed by atoms with Crippen LogP contribution in [0.3, 0.4) is 0 Å². The monoisotopic (exact) mass is 394 g/mol. The minimum Gasteiger partial charge on any atom is -0.289 e. The van der Waals surface area contributed by atoms with E-state index in [1.807, 2.05) is 61.0 Å². The molecule has 3 aromatic rings. The fourth-order valence-corrected chi connectivity index (χ4v) is 5.62. The van der Waals surface area contributed by atoms with Crippen LogP contribution in [-0.2, 0) is 9.84 Å². The van der Waals surface area contributed by atoms with Crippen molar-refractivity contribution < 1.29 is 13.2 Å². The SMILES string of the molecule is Cc1nn([C@H]2CCS(=O)(=O)C2)c(C)c1/C=C/C(=O)c1cccc2ccccc12. The molecule has 1 aromatic heterocycles. The molecule has 0 saturated carbocycles. The van der Waals surface area contributed by atoms with Crippen molar-refractivity contribution >= 4 is 32.5 Å². The van der Waals surface area contributed by atoms with Gasteiger partial charge in [0.05, 0.1) is 23.2 Å². The third-order valence-corrected chi connectivity index (χ3v) is 7.14. The fourth-order valence-electron chi connectivity index (χ4n) is 3.93. The fraction of sp³-hybridized carbons (Fsp3) is 0.273. The van der Waals surface area contributed by atoms with E-state index in [-0.39, 0.29) is 23.3 Å². The number of hydrogen-bond donors (Lipinski definition) is 0. The normalized spacial score (nSPS) is 18.9. The van der Waals surface area contributed by atoms with Crippen LogP contribution in [0.15, 0.2) is 48.5 Å². The number of benzene rings is 2. The highest BCUT2D eigenvalue weighted by Gasteiger charge is 2.31. The van der Waals surface area contributed by atoms with E-state index in [0.29, 0.717) is 12.0 Å². The molecule has 6 heteroatoms. The molecular weight excluding hydrogens is 372 g/mol. The zero-order chi connectivity index (χ0) is 19.9. The van der Waals surface area contributed by atoms with Crippen LogP contribution in [0.5, 0.6) is 0 Å². The van der Waals surface area contributed by atoms with Crippen LogP contribution in [0.4, 0.5) is 0 Å². The second-order valence-electron chi connectivity index (χ2n) is 7.31. The Kier molecular flexibility index (Phi) is 4.67. The van der Waals surface area contributed by atoms with Crippen molar-refractivity contribution in [2.75, 3.05) is 11.5 Å². The molecular formula is C22H22N2O3S. The van der Waals surface area contributed by atoms with E-state index in [2.05, 4.69) is 5.10 Å². The Morgan fingerprint density at radius 2 is 1.89 bits per heavy atom. The Bertz CT molecular complexity index is 1200. The van der Waals surface area contributed by atoms with E-state index in [4.69, 9.17) is 0 Å². The first-order chi connectivity index (χ1) is 13.4. The lowest BCUT2D eigenvalue weighted by Crippen LogP contribution is -2.13. The molecule has 0 N–H and O–H groups in total. The summed E-state index contributed by atoms with van der Waals surface area (Å²) >= 11 is 0. The highest BCUT2D eigenvalue weighted by molar-refractivity contribution is 7.91. The first-order valence-corrected chi connectivity index (χ1v) is 11.1. The number of carbonyl (C=O) groups excluding carboxylic acids is 1. The number of fused-ring (bicyclic) bond motifs is 1. The summed E-state index contributed by atoms with van der Waals surface area (Å²) in [5.41, 5.74) is 3.22. The van der Waals surface area contributed by atoms with Crippen LogP contribution in [0.25, 0.3) is 16.8 Å². The van der Waals surface area contributed by atoms with Gasteiger partial charge in [-0.05, 0) is 43.2 Å². The average molecular weight is 394 g/mol. The van der Waals surface area contributed by atoms with Gasteiger partial charge in [0.1, 0.15) is 0 Å². The zero-order valence-corrected chi connectivity index (χ0v) is 16.7. The minimum atomic E-state index is -2.98. The second kappa shape index (κ2) is 7.02. The van der Waals surface area contributed by atoms with Crippen LogP contribution >= 0.6 is 0 Å². The molecule has 5 nitrogen and oxygen atoms in total. The molecule has 2 aromatic carbocycles. The van der Waals surface area contributed by atoms with Gasteiger partial charge in [-0.15, -0.1) is 0 Å². The Hall–Kier alpha value is -2.73. The molecule has 144 valence electrons. The first kappa shape index (κ1) is 18.6. The van der Waals surface area contributed by atoms with Crippen molar-refractivity contribution in [1.82, 2.24) is 9.78 Å². The van der Waals surface area contributed by atoms with E-state index in [1.165, 1.54) is 0 Å². The Morgan fingerprint density at radius 3 is 2.64 bits per heavy atom. The standard InChI is InChI=1S/C22H22N2O3S/c1-15-19(16(2)24(23-15)18-12-13-28(26,27)14-18)10-11-22(25)21-9-5-7-17-6-3-4-8-20(17)21/h3-11,18H,12-14H2,1-2H3/b11-10+/t18-/m0/s1. The number of nitrogens with zero attached hydrogens (tertiary/aromatic N) is 2. The van der Waals surface area contributed by atoms with Crippen molar-refractivity contribution in [2.45, 2.75) is 26.3 Å². The molecule has 1 aliphatic rings. The number of ketones is 1. The van der Waals surface area contributed by atoms with Gasteiger partial charge in [0.15, 0.2) is 15.6 Å². The minimum absolute atomic E-state index is 0.0632. The van der Waals surface area contributed by atoms with Gasteiger partial charge in [-0.3, -0.25) is 9.48 Å². The summed E-state index contributed by atoms with van der Waals surface area (Å²) in [4.78, 5) is 12.8. The molecule has 0 bridgehead atoms. The first-order valence-electron chi connectivity index (χ1n) is 9.32. The number of sulfone groups is 1. The van der Waals surface area contributed by atoms with Crippen molar-refractivity contribution in [2.24, 2.45) is 0 Å². The summed E-state index contributed by atoms with van der Waals surface area (Å²) in [7, 11) is -2.98. The third kappa shape index (κ3) is 3.40. The highest BCUT2D eigenvalue weighted by atomic mass is 32.2. The predicted molar refractivity (Wildman–Crippen MR) is 111 cm³/mol. The van der Waals surface area contributed by atoms with Gasteiger partial charge < -0.3 is 0 Å². The van der Waals surface area contributed by atoms with Gasteiger partial charge in [0.25, 0.3) is 0 Å². The van der Waals surface area contributed by atoms with Gasteiger partial charge in [-0.25, -0.2) is 8.42 Å². The average Bonchev–Trinajstić information content (AvgIpc) is 3.17. The lowest BCUT2D eigenvalue weighted by atomic mass is 10.0. The maximum atomic E-state index is 12.8. The van der Waals surface area contributed by atoms with Gasteiger partial charge in [0.2, 0.25) is 0 Å². The summed E-state index contributed by atoms with van der Waals surface area (Å²) in [5, 5.41) is 6.51. The molecule has 0 spiro atoms. The van der Waals surface area contributed by atoms with E-state index >= 15 is 0 Å². The molecule has 1 aliphatic heterocycles. The highest BCUT2D eigenvalue weighted by Crippen LogP contribution is 2.27. The second-order valence-corrected chi connectivity index (χ2v) is 9.54. The van der Waals surface area contributed by atoms with Crippen molar-refractivity contribution in [3.05, 3.63) is 71.1 Å². The van der Waals surface area contributed by atoms with Gasteiger partial charge in [-0.2, -0.15) is 5.10 Å². The summed E-state index contributed by atoms with van der Waals surface area (Å²) in [5.74, 6) is 0.278. The molecule has 2 heterocycles. The summed E-state index contributed by atoms with van der Waals surface area (Å²) in [6.45, 7) is 3.81. The quantitative estimate of drug-likeness (QED) is 0.497. The van der Waals surface area contributed by atoms with E-state index < -0.39 is 9.84 Å². The Labute approximate surface area is 164 Å². The topological polar surface area (TPSA) is 69.0 Å². The molecule has 1 saturated heterocycles. The van der Waals surface area contributed by atoms with Gasteiger partial charge in [-0.1, -0.05) is 42.5 Å². The third-order valence-electron chi connectivity index (χ3n) is 5.39. The number of rotatable bonds is 4. The molecule has 0 amide bonds. The van der Waals surface area contributed by atoms with Crippen molar-refractivity contribution in [3.63, 3.8) is 0 Å². The van der Waals surface area contributed by atoms with Crippen molar-refractivity contribution in [1.29, 1.82) is 0 Å². The van der Waals surface area contributed by atoms with E-state index in [9.17, 15) is 13.2 Å². The van der Waals surface area contributed by atoms with Crippen LogP contribution < -0.4 is 0 Å². The lowest BCUT2D eigenvalue weighted by molar-refractivity contribution is 0.104. The van der Waals surface area contributed by atoms with Gasteiger partial charge in [0, 0.05) is 16.8 Å². The number of hydrogen-bond acceptors (Lipinski definition) is 4. The lowest BCUT2D eigenvalue weighted by Gasteiger charge is -2.10. The Morgan fingerprint density at radius 1 is 1.14 bits per heavy atom. The molecule has 4 rings (SSSR count). The maximum absolute atomic E-state index is 12.8. The molecule has 1 fully saturated rings. The van der Waals surface area contributed by atoms with Crippen LogP contribution in [0.2, 0.25) is 0 Å². The molecule has 28 heavy (non-hydrogen) atoms. The van der Waals surface area contributed by atoms with Crippen molar-refractivity contribution in [3.8, 4) is 0 Å². The predicted octanol–water partition coefficient (Wildman–Crippen LogP) is 3.91. The summed E-state index contributed by atoms with van der Waals surface area (Å²) in [6.07, 6.45) is 3.96. The smallest absolute Gasteiger partial charge is 0.186 e. The molecule has 0 aliphatic carbocycles. The zero-order valence-electron chi connectivity index (χ0n) is 15.9. The molecule has 0 radical (unpaired) electrons. The van der Waals surface area contributed by atoms with E-state index in [0.717, 1.165) is 27.7 Å². The summed E-state index contributed by atoms with van der Waals surface area (Å²) < 4.78 is 25.4. The van der Waals surface area contributed by atoms with E-state index in [1.54, 1.807) is 12.2 Å². The Balaban J connectivity index is 1.64. The molecule has 0 unspecified atom stereocenters. The van der Waals surface area contributed by atoms with Crippen LogP contribution in [0.1, 0.15) is 39.8 Å². The number of aryl methyl sites for hydroxylation is 1. The summed E-state index contributed by atoms with van der Waals surface area (Å²) in [6, 6.07) is 13.4. The molecule has 1 atom stereocenters. The van der Waals surface area contributed by atoms with Gasteiger partial charge >= 0.3 is 0 Å². The number of allylic oxidation sites excluding steroid dienone is 1. The largest absolute Gasteiger partial charge is 0.289 e. The van der Waals surface area contributed by atoms with Crippen LogP contribution in [-0.4, -0.2) is 35.5 Å². The van der Waals surface area contributed by atoms with Crippen LogP contribution in [0, 0.1) is 13.8 Å². The number of carbonyl (C=O) groups is 1. The maximum Gasteiger partial charge on any atom is 0.186 e.